The van der Waals surface area contributed by atoms with Gasteiger partial charge in [-0.05, 0) is 24.7 Å². The van der Waals surface area contributed by atoms with E-state index in [4.69, 9.17) is 0 Å². The van der Waals surface area contributed by atoms with E-state index in [2.05, 4.69) is 16.7 Å². The summed E-state index contributed by atoms with van der Waals surface area (Å²) >= 11 is 0. The minimum atomic E-state index is 0.181. The van der Waals surface area contributed by atoms with Crippen LogP contribution in [-0.2, 0) is 9.59 Å². The predicted molar refractivity (Wildman–Crippen MR) is 93.6 cm³/mol. The number of hydrogen-bond donors (Lipinski definition) is 0. The Kier molecular flexibility index (Phi) is 5.45. The van der Waals surface area contributed by atoms with E-state index in [1.54, 1.807) is 6.92 Å². The molecule has 2 atom stereocenters. The van der Waals surface area contributed by atoms with Crippen molar-refractivity contribution in [3.63, 3.8) is 0 Å². The fraction of sp³-hybridized carbons (Fsp3) is 0.889. The summed E-state index contributed by atoms with van der Waals surface area (Å²) in [6, 6.07) is 0.514. The summed E-state index contributed by atoms with van der Waals surface area (Å²) in [4.78, 5) is 32.5. The second-order valence-corrected chi connectivity index (χ2v) is 8.00. The maximum absolute atomic E-state index is 12.4. The molecule has 6 heteroatoms. The van der Waals surface area contributed by atoms with Crippen LogP contribution >= 0.6 is 0 Å². The third-order valence-corrected chi connectivity index (χ3v) is 5.89. The van der Waals surface area contributed by atoms with Crippen molar-refractivity contribution in [2.75, 3.05) is 59.4 Å². The van der Waals surface area contributed by atoms with Gasteiger partial charge in [0.2, 0.25) is 11.8 Å². The van der Waals surface area contributed by atoms with Gasteiger partial charge in [0.1, 0.15) is 0 Å². The lowest BCUT2D eigenvalue weighted by Crippen LogP contribution is -2.53. The Morgan fingerprint density at radius 3 is 2.33 bits per heavy atom. The first-order chi connectivity index (χ1) is 11.4. The molecule has 0 aromatic carbocycles. The SMILES string of the molecule is CC(=O)N1CCN([C@@H]2CN(CC(=O)N(C)CC3CC3)C[C@H]2C)CC1. The molecule has 0 aromatic heterocycles. The van der Waals surface area contributed by atoms with E-state index in [0.717, 1.165) is 51.7 Å². The van der Waals surface area contributed by atoms with E-state index in [1.807, 2.05) is 16.8 Å². The van der Waals surface area contributed by atoms with Crippen LogP contribution in [-0.4, -0.2) is 96.9 Å². The molecular formula is C18H32N4O2. The van der Waals surface area contributed by atoms with Crippen molar-refractivity contribution in [1.82, 2.24) is 19.6 Å². The van der Waals surface area contributed by atoms with Gasteiger partial charge in [-0.15, -0.1) is 0 Å². The Labute approximate surface area is 145 Å². The van der Waals surface area contributed by atoms with Crippen molar-refractivity contribution in [3.8, 4) is 0 Å². The highest BCUT2D eigenvalue weighted by Gasteiger charge is 2.36. The van der Waals surface area contributed by atoms with Crippen LogP contribution in [0.15, 0.2) is 0 Å². The molecule has 24 heavy (non-hydrogen) atoms. The lowest BCUT2D eigenvalue weighted by Gasteiger charge is -2.39. The van der Waals surface area contributed by atoms with Gasteiger partial charge in [-0.1, -0.05) is 6.92 Å². The van der Waals surface area contributed by atoms with Crippen LogP contribution in [0.5, 0.6) is 0 Å². The van der Waals surface area contributed by atoms with Gasteiger partial charge in [0.25, 0.3) is 0 Å². The zero-order chi connectivity index (χ0) is 17.3. The van der Waals surface area contributed by atoms with E-state index in [0.29, 0.717) is 18.5 Å². The van der Waals surface area contributed by atoms with Crippen LogP contribution < -0.4 is 0 Å². The summed E-state index contributed by atoms with van der Waals surface area (Å²) in [7, 11) is 1.94. The molecule has 136 valence electrons. The molecule has 0 N–H and O–H groups in total. The number of carbonyl (C=O) groups is 2. The Balaban J connectivity index is 1.46. The standard InChI is InChI=1S/C18H32N4O2/c1-14-10-20(13-18(24)19(3)11-16-4-5-16)12-17(14)22-8-6-21(7-9-22)15(2)23/h14,16-17H,4-13H2,1-3H3/t14-,17-/m1/s1. The summed E-state index contributed by atoms with van der Waals surface area (Å²) in [5.41, 5.74) is 0. The number of nitrogens with zero attached hydrogens (tertiary/aromatic N) is 4. The maximum Gasteiger partial charge on any atom is 0.236 e. The molecule has 0 spiro atoms. The first kappa shape index (κ1) is 17.7. The molecule has 3 fully saturated rings. The van der Waals surface area contributed by atoms with E-state index < -0.39 is 0 Å². The van der Waals surface area contributed by atoms with Crippen LogP contribution in [0.25, 0.3) is 0 Å². The van der Waals surface area contributed by atoms with Crippen LogP contribution in [0.3, 0.4) is 0 Å². The Hall–Kier alpha value is -1.14. The van der Waals surface area contributed by atoms with Crippen molar-refractivity contribution in [3.05, 3.63) is 0 Å². The largest absolute Gasteiger partial charge is 0.344 e. The fourth-order valence-corrected chi connectivity index (χ4v) is 4.12. The smallest absolute Gasteiger partial charge is 0.236 e. The third-order valence-electron chi connectivity index (χ3n) is 5.89. The van der Waals surface area contributed by atoms with Gasteiger partial charge in [-0.2, -0.15) is 0 Å². The molecule has 0 radical (unpaired) electrons. The van der Waals surface area contributed by atoms with E-state index in [9.17, 15) is 9.59 Å². The molecule has 0 aromatic rings. The molecular weight excluding hydrogens is 304 g/mol. The highest BCUT2D eigenvalue weighted by molar-refractivity contribution is 5.78. The van der Waals surface area contributed by atoms with E-state index >= 15 is 0 Å². The Morgan fingerprint density at radius 2 is 1.75 bits per heavy atom. The minimum absolute atomic E-state index is 0.181. The average Bonchev–Trinajstić information content (AvgIpc) is 3.29. The van der Waals surface area contributed by atoms with Gasteiger partial charge < -0.3 is 9.80 Å². The molecule has 1 aliphatic carbocycles. The molecule has 3 aliphatic rings. The second kappa shape index (κ2) is 7.40. The number of amides is 2. The summed E-state index contributed by atoms with van der Waals surface area (Å²) in [6.45, 7) is 11.0. The Bertz CT molecular complexity index is 472. The molecule has 6 nitrogen and oxygen atoms in total. The second-order valence-electron chi connectivity index (χ2n) is 8.00. The maximum atomic E-state index is 12.4. The summed E-state index contributed by atoms with van der Waals surface area (Å²) in [5, 5.41) is 0. The fourth-order valence-electron chi connectivity index (χ4n) is 4.12. The highest BCUT2D eigenvalue weighted by Crippen LogP contribution is 2.29. The molecule has 2 amide bonds. The van der Waals surface area contributed by atoms with E-state index in [1.165, 1.54) is 12.8 Å². The molecule has 0 bridgehead atoms. The zero-order valence-electron chi connectivity index (χ0n) is 15.4. The van der Waals surface area contributed by atoms with Gasteiger partial charge in [0.05, 0.1) is 6.54 Å². The molecule has 2 saturated heterocycles. The summed E-state index contributed by atoms with van der Waals surface area (Å²) in [6.07, 6.45) is 2.57. The van der Waals surface area contributed by atoms with Gasteiger partial charge in [-0.3, -0.25) is 19.4 Å². The highest BCUT2D eigenvalue weighted by atomic mass is 16.2. The predicted octanol–water partition coefficient (Wildman–Crippen LogP) is 0.339. The van der Waals surface area contributed by atoms with Crippen LogP contribution in [0.1, 0.15) is 26.7 Å². The molecule has 1 saturated carbocycles. The summed E-state index contributed by atoms with van der Waals surface area (Å²) in [5.74, 6) is 1.77. The van der Waals surface area contributed by atoms with Gasteiger partial charge in [-0.25, -0.2) is 0 Å². The average molecular weight is 336 g/mol. The number of piperazine rings is 1. The minimum Gasteiger partial charge on any atom is -0.344 e. The number of rotatable bonds is 5. The zero-order valence-corrected chi connectivity index (χ0v) is 15.4. The number of likely N-dealkylation sites (N-methyl/N-ethyl adjacent to an activating group) is 1. The van der Waals surface area contributed by atoms with Crippen LogP contribution in [0.2, 0.25) is 0 Å². The summed E-state index contributed by atoms with van der Waals surface area (Å²) < 4.78 is 0. The third kappa shape index (κ3) is 4.28. The number of hydrogen-bond acceptors (Lipinski definition) is 4. The number of likely N-dealkylation sites (tertiary alicyclic amines) is 1. The molecule has 2 aliphatic heterocycles. The number of carbonyl (C=O) groups excluding carboxylic acids is 2. The van der Waals surface area contributed by atoms with E-state index in [-0.39, 0.29) is 11.8 Å². The van der Waals surface area contributed by atoms with Crippen molar-refractivity contribution in [1.29, 1.82) is 0 Å². The monoisotopic (exact) mass is 336 g/mol. The lowest BCUT2D eigenvalue weighted by atomic mass is 10.0. The van der Waals surface area contributed by atoms with Crippen molar-refractivity contribution in [2.24, 2.45) is 11.8 Å². The molecule has 0 unspecified atom stereocenters. The van der Waals surface area contributed by atoms with Crippen LogP contribution in [0, 0.1) is 11.8 Å². The lowest BCUT2D eigenvalue weighted by molar-refractivity contribution is -0.132. The normalized spacial score (nSPS) is 29.0. The van der Waals surface area contributed by atoms with Crippen LogP contribution in [0.4, 0.5) is 0 Å². The van der Waals surface area contributed by atoms with Crippen molar-refractivity contribution >= 4 is 11.8 Å². The van der Waals surface area contributed by atoms with Gasteiger partial charge in [0, 0.05) is 65.8 Å². The first-order valence-corrected chi connectivity index (χ1v) is 9.40. The first-order valence-electron chi connectivity index (χ1n) is 9.40. The topological polar surface area (TPSA) is 47.1 Å². The quantitative estimate of drug-likeness (QED) is 0.726. The van der Waals surface area contributed by atoms with Gasteiger partial charge >= 0.3 is 0 Å². The molecule has 2 heterocycles. The molecule has 3 rings (SSSR count). The van der Waals surface area contributed by atoms with Gasteiger partial charge in [0.15, 0.2) is 0 Å². The van der Waals surface area contributed by atoms with Crippen molar-refractivity contribution in [2.45, 2.75) is 32.7 Å². The van der Waals surface area contributed by atoms with Crippen molar-refractivity contribution < 1.29 is 9.59 Å². The Morgan fingerprint density at radius 1 is 1.08 bits per heavy atom.